The molecular formula is C24H31Cl3N6O3. The third kappa shape index (κ3) is 6.83. The van der Waals surface area contributed by atoms with Crippen molar-refractivity contribution in [1.82, 2.24) is 25.5 Å². The Balaban J connectivity index is 1.27. The number of hydrogen-bond acceptors (Lipinski definition) is 6. The molecule has 12 heteroatoms. The molecule has 36 heavy (non-hydrogen) atoms. The van der Waals surface area contributed by atoms with Crippen molar-refractivity contribution >= 4 is 52.4 Å². The molecule has 196 valence electrons. The summed E-state index contributed by atoms with van der Waals surface area (Å²) in [5.74, 6) is 0.212. The zero-order valence-electron chi connectivity index (χ0n) is 20.2. The third-order valence-corrected chi connectivity index (χ3v) is 7.66. The van der Waals surface area contributed by atoms with Crippen LogP contribution in [-0.2, 0) is 4.74 Å². The minimum atomic E-state index is -0.276. The van der Waals surface area contributed by atoms with Gasteiger partial charge in [0.2, 0.25) is 0 Å². The topological polar surface area (TPSA) is 103 Å². The maximum absolute atomic E-state index is 12.7. The van der Waals surface area contributed by atoms with E-state index in [-0.39, 0.29) is 33.7 Å². The van der Waals surface area contributed by atoms with Crippen LogP contribution in [0.4, 0.5) is 5.82 Å². The van der Waals surface area contributed by atoms with E-state index in [0.29, 0.717) is 54.6 Å². The second kappa shape index (κ2) is 12.5. The lowest BCUT2D eigenvalue weighted by molar-refractivity contribution is 0.0374. The van der Waals surface area contributed by atoms with Crippen molar-refractivity contribution in [3.63, 3.8) is 0 Å². The number of piperidine rings is 1. The Hall–Kier alpha value is -2.04. The van der Waals surface area contributed by atoms with Crippen molar-refractivity contribution < 1.29 is 14.3 Å². The van der Waals surface area contributed by atoms with Crippen LogP contribution in [0, 0.1) is 6.92 Å². The quantitative estimate of drug-likeness (QED) is 0.339. The highest BCUT2D eigenvalue weighted by molar-refractivity contribution is 6.44. The van der Waals surface area contributed by atoms with E-state index in [9.17, 15) is 9.59 Å². The molecule has 0 bridgehead atoms. The zero-order chi connectivity index (χ0) is 25.7. The Labute approximate surface area is 225 Å². The Kier molecular flexibility index (Phi) is 9.35. The fraction of sp³-hybridized carbons (Fsp3) is 0.542. The number of ether oxygens (including phenoxy) is 1. The number of carbonyl (C=O) groups is 2. The van der Waals surface area contributed by atoms with Gasteiger partial charge in [0, 0.05) is 50.0 Å². The van der Waals surface area contributed by atoms with Crippen LogP contribution in [0.2, 0.25) is 15.2 Å². The lowest BCUT2D eigenvalue weighted by Crippen LogP contribution is -2.45. The number of anilines is 1. The SMILES string of the molecule is Cc1[nH]c(C(=O)NC2CCN(c3cc(C(=O)NCCCN4CCOCC4)cc(Cl)n3)CC2)c(Cl)c1Cl. The number of rotatable bonds is 8. The minimum absolute atomic E-state index is 0.0133. The molecule has 9 nitrogen and oxygen atoms in total. The van der Waals surface area contributed by atoms with Crippen LogP contribution in [0.15, 0.2) is 12.1 Å². The molecule has 2 amide bonds. The van der Waals surface area contributed by atoms with Gasteiger partial charge in [-0.2, -0.15) is 0 Å². The first-order chi connectivity index (χ1) is 17.3. The molecule has 0 spiro atoms. The van der Waals surface area contributed by atoms with E-state index in [1.165, 1.54) is 0 Å². The predicted molar refractivity (Wildman–Crippen MR) is 142 cm³/mol. The smallest absolute Gasteiger partial charge is 0.269 e. The van der Waals surface area contributed by atoms with Crippen LogP contribution in [0.3, 0.4) is 0 Å². The molecule has 2 aromatic rings. The number of morpholine rings is 1. The summed E-state index contributed by atoms with van der Waals surface area (Å²) in [6.07, 6.45) is 2.30. The van der Waals surface area contributed by atoms with E-state index >= 15 is 0 Å². The highest BCUT2D eigenvalue weighted by atomic mass is 35.5. The Morgan fingerprint density at radius 3 is 2.47 bits per heavy atom. The van der Waals surface area contributed by atoms with Crippen LogP contribution in [-0.4, -0.2) is 85.2 Å². The van der Waals surface area contributed by atoms with Gasteiger partial charge in [-0.25, -0.2) is 4.98 Å². The number of aromatic amines is 1. The summed E-state index contributed by atoms with van der Waals surface area (Å²) in [6.45, 7) is 8.02. The molecule has 2 aliphatic rings. The summed E-state index contributed by atoms with van der Waals surface area (Å²) in [7, 11) is 0. The largest absolute Gasteiger partial charge is 0.379 e. The summed E-state index contributed by atoms with van der Waals surface area (Å²) in [6, 6.07) is 3.34. The number of aromatic nitrogens is 2. The van der Waals surface area contributed by atoms with E-state index in [2.05, 4.69) is 30.4 Å². The van der Waals surface area contributed by atoms with E-state index in [4.69, 9.17) is 39.5 Å². The molecule has 3 N–H and O–H groups in total. The van der Waals surface area contributed by atoms with Crippen molar-refractivity contribution in [2.24, 2.45) is 0 Å². The highest BCUT2D eigenvalue weighted by Gasteiger charge is 2.25. The molecular weight excluding hydrogens is 527 g/mol. The van der Waals surface area contributed by atoms with Crippen LogP contribution in [0.5, 0.6) is 0 Å². The van der Waals surface area contributed by atoms with Gasteiger partial charge in [-0.1, -0.05) is 34.8 Å². The fourth-order valence-corrected chi connectivity index (χ4v) is 5.07. The molecule has 0 atom stereocenters. The van der Waals surface area contributed by atoms with Gasteiger partial charge < -0.3 is 25.3 Å². The fourth-order valence-electron chi connectivity index (χ4n) is 4.45. The molecule has 2 aliphatic heterocycles. The van der Waals surface area contributed by atoms with Crippen LogP contribution < -0.4 is 15.5 Å². The molecule has 2 aromatic heterocycles. The van der Waals surface area contributed by atoms with Gasteiger partial charge in [0.1, 0.15) is 16.7 Å². The number of nitrogens with zero attached hydrogens (tertiary/aromatic N) is 3. The number of amides is 2. The summed E-state index contributed by atoms with van der Waals surface area (Å²) < 4.78 is 5.36. The van der Waals surface area contributed by atoms with E-state index in [0.717, 1.165) is 39.3 Å². The van der Waals surface area contributed by atoms with Crippen molar-refractivity contribution in [3.8, 4) is 0 Å². The summed E-state index contributed by atoms with van der Waals surface area (Å²) in [5.41, 5.74) is 1.42. The molecule has 2 fully saturated rings. The predicted octanol–water partition coefficient (Wildman–Crippen LogP) is 3.53. The average molecular weight is 558 g/mol. The molecule has 4 rings (SSSR count). The number of pyridine rings is 1. The second-order valence-electron chi connectivity index (χ2n) is 9.09. The van der Waals surface area contributed by atoms with Crippen molar-refractivity contribution in [1.29, 1.82) is 0 Å². The summed E-state index contributed by atoms with van der Waals surface area (Å²) in [4.78, 5) is 37.1. The Morgan fingerprint density at radius 2 is 1.81 bits per heavy atom. The highest BCUT2D eigenvalue weighted by Crippen LogP contribution is 2.29. The third-order valence-electron chi connectivity index (χ3n) is 6.52. The second-order valence-corrected chi connectivity index (χ2v) is 10.2. The van der Waals surface area contributed by atoms with Gasteiger partial charge in [-0.15, -0.1) is 0 Å². The van der Waals surface area contributed by atoms with Crippen LogP contribution in [0.25, 0.3) is 0 Å². The summed E-state index contributed by atoms with van der Waals surface area (Å²) >= 11 is 18.5. The van der Waals surface area contributed by atoms with E-state index < -0.39 is 0 Å². The molecule has 0 unspecified atom stereocenters. The lowest BCUT2D eigenvalue weighted by Gasteiger charge is -2.33. The monoisotopic (exact) mass is 556 g/mol. The van der Waals surface area contributed by atoms with Gasteiger partial charge in [0.25, 0.3) is 11.8 Å². The standard InChI is InChI=1S/C24H31Cl3N6O3/c1-15-20(26)21(27)22(29-15)24(35)30-17-3-7-33(8-4-17)19-14-16(13-18(25)31-19)23(34)28-5-2-6-32-9-11-36-12-10-32/h13-14,17,29H,2-12H2,1H3,(H,28,34)(H,30,35). The van der Waals surface area contributed by atoms with Gasteiger partial charge in [0.15, 0.2) is 0 Å². The number of hydrogen-bond donors (Lipinski definition) is 3. The van der Waals surface area contributed by atoms with Crippen LogP contribution in [0.1, 0.15) is 45.8 Å². The maximum Gasteiger partial charge on any atom is 0.269 e. The Morgan fingerprint density at radius 1 is 1.08 bits per heavy atom. The molecule has 0 radical (unpaired) electrons. The first-order valence-corrected chi connectivity index (χ1v) is 13.3. The number of H-pyrrole nitrogens is 1. The molecule has 0 aromatic carbocycles. The van der Waals surface area contributed by atoms with Gasteiger partial charge in [-0.3, -0.25) is 14.5 Å². The number of nitrogens with one attached hydrogen (secondary N) is 3. The maximum atomic E-state index is 12.7. The number of carbonyl (C=O) groups excluding carboxylic acids is 2. The number of halogens is 3. The molecule has 4 heterocycles. The minimum Gasteiger partial charge on any atom is -0.379 e. The van der Waals surface area contributed by atoms with E-state index in [1.54, 1.807) is 19.1 Å². The van der Waals surface area contributed by atoms with Crippen molar-refractivity contribution in [2.45, 2.75) is 32.2 Å². The zero-order valence-corrected chi connectivity index (χ0v) is 22.5. The van der Waals surface area contributed by atoms with Gasteiger partial charge in [0.05, 0.1) is 23.3 Å². The van der Waals surface area contributed by atoms with Gasteiger partial charge >= 0.3 is 0 Å². The number of aryl methyl sites for hydroxylation is 1. The lowest BCUT2D eigenvalue weighted by atomic mass is 10.0. The van der Waals surface area contributed by atoms with Crippen LogP contribution >= 0.6 is 34.8 Å². The van der Waals surface area contributed by atoms with E-state index in [1.807, 2.05) is 0 Å². The van der Waals surface area contributed by atoms with Crippen molar-refractivity contribution in [2.75, 3.05) is 57.4 Å². The average Bonchev–Trinajstić information content (AvgIpc) is 3.14. The Bertz CT molecular complexity index is 1080. The summed E-state index contributed by atoms with van der Waals surface area (Å²) in [5, 5.41) is 6.87. The molecule has 0 saturated carbocycles. The first-order valence-electron chi connectivity index (χ1n) is 12.2. The molecule has 0 aliphatic carbocycles. The first kappa shape index (κ1) is 27.0. The van der Waals surface area contributed by atoms with Gasteiger partial charge in [-0.05, 0) is 44.9 Å². The van der Waals surface area contributed by atoms with Crippen molar-refractivity contribution in [3.05, 3.63) is 44.3 Å². The molecule has 2 saturated heterocycles. The normalized spacial score (nSPS) is 17.3.